The van der Waals surface area contributed by atoms with Gasteiger partial charge in [0, 0.05) is 0 Å². The highest BCUT2D eigenvalue weighted by molar-refractivity contribution is 6.16. The van der Waals surface area contributed by atoms with Gasteiger partial charge >= 0.3 is 0 Å². The van der Waals surface area contributed by atoms with Crippen molar-refractivity contribution in [3.05, 3.63) is 168 Å². The van der Waals surface area contributed by atoms with E-state index in [0.717, 1.165) is 32.7 Å². The van der Waals surface area contributed by atoms with E-state index in [1.165, 1.54) is 0 Å². The van der Waals surface area contributed by atoms with Gasteiger partial charge in [-0.15, -0.1) is 0 Å². The Morgan fingerprint density at radius 1 is 0.533 bits per heavy atom. The van der Waals surface area contributed by atoms with Gasteiger partial charge in [0.05, 0.1) is 9.60 Å². The van der Waals surface area contributed by atoms with Gasteiger partial charge in [0.2, 0.25) is 0 Å². The molecule has 0 bridgehead atoms. The molecule has 0 aliphatic carbocycles. The molecule has 0 saturated heterocycles. The normalized spacial score (nSPS) is 14.2. The van der Waals surface area contributed by atoms with Gasteiger partial charge in [0.1, 0.15) is 0 Å². The van der Waals surface area contributed by atoms with Crippen LogP contribution in [0.3, 0.4) is 0 Å². The van der Waals surface area contributed by atoms with Gasteiger partial charge in [-0.1, -0.05) is 166 Å². The van der Waals surface area contributed by atoms with Gasteiger partial charge in [-0.25, -0.2) is 0 Å². The van der Waals surface area contributed by atoms with Crippen LogP contribution in [0.2, 0.25) is 0 Å². The molecule has 216 valence electrons. The second kappa shape index (κ2) is 10.8. The maximum Gasteiger partial charge on any atom is 0.0636 e. The third kappa shape index (κ3) is 4.78. The molecule has 0 amide bonds. The van der Waals surface area contributed by atoms with E-state index in [2.05, 4.69) is 45.0 Å². The molecule has 0 heteroatoms. The van der Waals surface area contributed by atoms with Crippen molar-refractivity contribution in [3.63, 3.8) is 0 Å². The Hall–Kier alpha value is -5.20. The van der Waals surface area contributed by atoms with Crippen LogP contribution in [-0.2, 0) is 11.8 Å². The highest BCUT2D eigenvalue weighted by atomic mass is 14.2. The molecule has 0 aliphatic heterocycles. The van der Waals surface area contributed by atoms with Crippen molar-refractivity contribution in [2.45, 2.75) is 32.6 Å². The number of rotatable bonds is 4. The molecule has 0 heterocycles. The van der Waals surface area contributed by atoms with Gasteiger partial charge < -0.3 is 0 Å². The van der Waals surface area contributed by atoms with Crippen LogP contribution in [0.5, 0.6) is 0 Å². The average Bonchev–Trinajstić information content (AvgIpc) is 3.14. The molecule has 0 unspecified atom stereocenters. The summed E-state index contributed by atoms with van der Waals surface area (Å²) in [7, 11) is 0. The third-order valence-electron chi connectivity index (χ3n) is 8.91. The monoisotopic (exact) mass is 583 g/mol. The van der Waals surface area contributed by atoms with Gasteiger partial charge in [-0.05, 0) is 99.9 Å². The van der Waals surface area contributed by atoms with Crippen molar-refractivity contribution in [2.24, 2.45) is 0 Å². The smallest absolute Gasteiger partial charge is 0.0622 e. The Bertz CT molecular complexity index is 2760. The van der Waals surface area contributed by atoms with Gasteiger partial charge in [-0.2, -0.15) is 0 Å². The van der Waals surface area contributed by atoms with Crippen LogP contribution in [0.1, 0.15) is 47.1 Å². The van der Waals surface area contributed by atoms with Gasteiger partial charge in [-0.3, -0.25) is 0 Å². The molecule has 0 aliphatic rings. The van der Waals surface area contributed by atoms with Crippen molar-refractivity contribution < 1.29 is 9.60 Å². The fourth-order valence-corrected chi connectivity index (χ4v) is 6.60. The molecule has 0 nitrogen and oxygen atoms in total. The Balaban J connectivity index is 1.63. The van der Waals surface area contributed by atoms with Crippen LogP contribution in [-0.4, -0.2) is 0 Å². The summed E-state index contributed by atoms with van der Waals surface area (Å²) < 4.78 is 65.7. The zero-order chi connectivity index (χ0) is 36.6. The zero-order valence-corrected chi connectivity index (χ0v) is 25.6. The van der Waals surface area contributed by atoms with Crippen LogP contribution >= 0.6 is 0 Å². The van der Waals surface area contributed by atoms with E-state index in [4.69, 9.17) is 2.74 Å². The first-order chi connectivity index (χ1) is 24.9. The number of benzene rings is 8. The van der Waals surface area contributed by atoms with E-state index in [-0.39, 0.29) is 54.1 Å². The third-order valence-corrected chi connectivity index (χ3v) is 8.91. The lowest BCUT2D eigenvalue weighted by Gasteiger charge is -2.23. The van der Waals surface area contributed by atoms with Crippen molar-refractivity contribution in [1.29, 1.82) is 0 Å². The SMILES string of the molecule is [2H]c1c([2H])c([2H])c2c(-c3ccccc3)c3c([2H])c([2H])c(-c4cccc5ccccc45)c([2H])c3c(Cc3cc(C(C)(C)C)cc4ccccc34)c2c1[2H]. The standard InChI is InChI=1S/C45H36/c1-45(2,3)35-26-32-17-8-9-19-36(32)34(27-35)29-42-39-21-11-12-22-40(39)44(31-15-5-4-6-16-31)41-25-24-33(28-43(41)42)38-23-13-18-30-14-7-10-20-37(30)38/h4-28H,29H2,1-3H3/i11D,12D,21D,22D,24D,25D,28D. The van der Waals surface area contributed by atoms with Crippen molar-refractivity contribution in [3.8, 4) is 22.3 Å². The highest BCUT2D eigenvalue weighted by Crippen LogP contribution is 2.43. The topological polar surface area (TPSA) is 0 Å². The lowest BCUT2D eigenvalue weighted by Crippen LogP contribution is -2.11. The Morgan fingerprint density at radius 2 is 1.20 bits per heavy atom. The van der Waals surface area contributed by atoms with Gasteiger partial charge in [0.25, 0.3) is 0 Å². The summed E-state index contributed by atoms with van der Waals surface area (Å²) in [5.41, 5.74) is 4.53. The van der Waals surface area contributed by atoms with E-state index in [9.17, 15) is 6.85 Å². The minimum Gasteiger partial charge on any atom is -0.0622 e. The quantitative estimate of drug-likeness (QED) is 0.181. The molecule has 8 aromatic carbocycles. The van der Waals surface area contributed by atoms with E-state index < -0.39 is 0 Å². The minimum atomic E-state index is -0.365. The second-order valence-electron chi connectivity index (χ2n) is 12.8. The molecule has 8 aromatic rings. The molecular formula is C45H36. The Labute approximate surface area is 275 Å². The molecule has 0 spiro atoms. The molecule has 0 radical (unpaired) electrons. The summed E-state index contributed by atoms with van der Waals surface area (Å²) in [5.74, 6) is 0. The van der Waals surface area contributed by atoms with Crippen LogP contribution in [0, 0.1) is 0 Å². The van der Waals surface area contributed by atoms with Crippen LogP contribution in [0.25, 0.3) is 65.3 Å². The lowest BCUT2D eigenvalue weighted by atomic mass is 9.81. The first-order valence-electron chi connectivity index (χ1n) is 18.9. The summed E-state index contributed by atoms with van der Waals surface area (Å²) >= 11 is 0. The summed E-state index contributed by atoms with van der Waals surface area (Å²) in [5, 5.41) is 5.26. The van der Waals surface area contributed by atoms with E-state index in [1.807, 2.05) is 84.9 Å². The van der Waals surface area contributed by atoms with E-state index in [1.54, 1.807) is 0 Å². The fourth-order valence-electron chi connectivity index (χ4n) is 6.60. The zero-order valence-electron chi connectivity index (χ0n) is 32.6. The molecule has 8 rings (SSSR count). The summed E-state index contributed by atoms with van der Waals surface area (Å²) in [6.07, 6.45) is 0.242. The van der Waals surface area contributed by atoms with Gasteiger partial charge in [0.15, 0.2) is 0 Å². The molecule has 0 atom stereocenters. The average molecular weight is 584 g/mol. The highest BCUT2D eigenvalue weighted by Gasteiger charge is 2.20. The number of hydrogen-bond acceptors (Lipinski definition) is 0. The first kappa shape index (κ1) is 20.7. The van der Waals surface area contributed by atoms with Crippen LogP contribution in [0.15, 0.2) is 151 Å². The largest absolute Gasteiger partial charge is 0.0636 e. The lowest BCUT2D eigenvalue weighted by molar-refractivity contribution is 0.590. The van der Waals surface area contributed by atoms with Crippen LogP contribution < -0.4 is 0 Å². The summed E-state index contributed by atoms with van der Waals surface area (Å²) in [6, 6.07) is 34.2. The van der Waals surface area contributed by atoms with Crippen LogP contribution in [0.4, 0.5) is 0 Å². The molecule has 45 heavy (non-hydrogen) atoms. The number of fused-ring (bicyclic) bond motifs is 4. The molecule has 0 N–H and O–H groups in total. The number of hydrogen-bond donors (Lipinski definition) is 0. The molecule has 0 fully saturated rings. The molecule has 0 saturated carbocycles. The van der Waals surface area contributed by atoms with E-state index >= 15 is 0 Å². The van der Waals surface area contributed by atoms with Crippen molar-refractivity contribution >= 4 is 43.1 Å². The molecule has 0 aromatic heterocycles. The predicted molar refractivity (Wildman–Crippen MR) is 195 cm³/mol. The second-order valence-corrected chi connectivity index (χ2v) is 12.8. The van der Waals surface area contributed by atoms with E-state index in [0.29, 0.717) is 49.4 Å². The molecular weight excluding hydrogens is 540 g/mol. The minimum absolute atomic E-state index is 0.0603. The summed E-state index contributed by atoms with van der Waals surface area (Å²) in [6.45, 7) is 6.49. The summed E-state index contributed by atoms with van der Waals surface area (Å²) in [4.78, 5) is 0. The van der Waals surface area contributed by atoms with Crippen molar-refractivity contribution in [2.75, 3.05) is 0 Å². The maximum atomic E-state index is 10.1. The Morgan fingerprint density at radius 3 is 2.00 bits per heavy atom. The fraction of sp³-hybridized carbons (Fsp3) is 0.111. The van der Waals surface area contributed by atoms with Crippen molar-refractivity contribution in [1.82, 2.24) is 0 Å². The first-order valence-corrected chi connectivity index (χ1v) is 15.4. The predicted octanol–water partition coefficient (Wildman–Crippen LogP) is 12.5. The maximum absolute atomic E-state index is 10.1. The Kier molecular flexibility index (Phi) is 4.95.